The van der Waals surface area contributed by atoms with Crippen molar-refractivity contribution in [2.45, 2.75) is 45.9 Å². The van der Waals surface area contributed by atoms with Gasteiger partial charge in [-0.05, 0) is 96.9 Å². The summed E-state index contributed by atoms with van der Waals surface area (Å²) in [6.07, 6.45) is 9.46. The number of fused-ring (bicyclic) bond motifs is 1. The lowest BCUT2D eigenvalue weighted by atomic mass is 10.1. The molecule has 5 nitrogen and oxygen atoms in total. The monoisotopic (exact) mass is 516 g/mol. The Balaban J connectivity index is 1.58. The van der Waals surface area contributed by atoms with Gasteiger partial charge in [-0.15, -0.1) is 0 Å². The van der Waals surface area contributed by atoms with Crippen molar-refractivity contribution in [2.24, 2.45) is 0 Å². The minimum Gasteiger partial charge on any atom is -0.356 e. The Morgan fingerprint density at radius 2 is 2.03 bits per heavy atom. The number of hydrogen-bond donors (Lipinski definition) is 0. The number of nitrogens with zero attached hydrogens (tertiary/aromatic N) is 4. The lowest BCUT2D eigenvalue weighted by Crippen LogP contribution is -2.22. The van der Waals surface area contributed by atoms with Crippen LogP contribution in [0.3, 0.4) is 0 Å². The van der Waals surface area contributed by atoms with Crippen molar-refractivity contribution in [3.05, 3.63) is 57.1 Å². The van der Waals surface area contributed by atoms with Gasteiger partial charge < -0.3 is 4.74 Å². The van der Waals surface area contributed by atoms with Gasteiger partial charge in [0.25, 0.3) is 0 Å². The van der Waals surface area contributed by atoms with E-state index in [4.69, 9.17) is 9.84 Å². The first-order chi connectivity index (χ1) is 14.7. The van der Waals surface area contributed by atoms with E-state index in [9.17, 15) is 0 Å². The maximum atomic E-state index is 6.01. The second-order valence-electron chi connectivity index (χ2n) is 7.70. The zero-order valence-electron chi connectivity index (χ0n) is 17.7. The van der Waals surface area contributed by atoms with Gasteiger partial charge in [0.2, 0.25) is 0 Å². The van der Waals surface area contributed by atoms with E-state index in [1.807, 2.05) is 12.3 Å². The predicted molar refractivity (Wildman–Crippen MR) is 131 cm³/mol. The van der Waals surface area contributed by atoms with Crippen LogP contribution in [0.4, 0.5) is 0 Å². The largest absolute Gasteiger partial charge is 0.356 e. The highest BCUT2D eigenvalue weighted by molar-refractivity contribution is 14.1. The zero-order valence-corrected chi connectivity index (χ0v) is 19.9. The van der Waals surface area contributed by atoms with Crippen LogP contribution in [0.5, 0.6) is 0 Å². The van der Waals surface area contributed by atoms with Crippen molar-refractivity contribution < 1.29 is 4.74 Å². The molecular formula is C24H29IN4O. The van der Waals surface area contributed by atoms with Gasteiger partial charge in [-0.1, -0.05) is 19.9 Å². The summed E-state index contributed by atoms with van der Waals surface area (Å²) in [7, 11) is 0. The SMILES string of the molecule is CCN(CC)Cc1ccc(/C=C/c2nn(C3CCCCO3)c3cc(I)ccc23)nc1. The van der Waals surface area contributed by atoms with Crippen molar-refractivity contribution in [3.63, 3.8) is 0 Å². The normalized spacial score (nSPS) is 17.4. The van der Waals surface area contributed by atoms with E-state index in [1.165, 1.54) is 15.6 Å². The van der Waals surface area contributed by atoms with E-state index in [1.54, 1.807) is 0 Å². The number of hydrogen-bond acceptors (Lipinski definition) is 4. The summed E-state index contributed by atoms with van der Waals surface area (Å²) in [6.45, 7) is 8.24. The van der Waals surface area contributed by atoms with Crippen molar-refractivity contribution in [1.29, 1.82) is 0 Å². The topological polar surface area (TPSA) is 43.2 Å². The van der Waals surface area contributed by atoms with Crippen molar-refractivity contribution >= 4 is 45.6 Å². The molecule has 1 fully saturated rings. The Bertz CT molecular complexity index is 1000. The maximum absolute atomic E-state index is 6.01. The molecule has 0 radical (unpaired) electrons. The molecule has 0 bridgehead atoms. The highest BCUT2D eigenvalue weighted by atomic mass is 127. The molecule has 1 saturated heterocycles. The van der Waals surface area contributed by atoms with Gasteiger partial charge in [-0.2, -0.15) is 5.10 Å². The Morgan fingerprint density at radius 1 is 1.17 bits per heavy atom. The first-order valence-corrected chi connectivity index (χ1v) is 11.9. The Kier molecular flexibility index (Phi) is 7.17. The van der Waals surface area contributed by atoms with E-state index in [0.717, 1.165) is 61.4 Å². The summed E-state index contributed by atoms with van der Waals surface area (Å²) in [4.78, 5) is 7.02. The van der Waals surface area contributed by atoms with Crippen LogP contribution in [0.25, 0.3) is 23.1 Å². The highest BCUT2D eigenvalue weighted by Crippen LogP contribution is 2.29. The van der Waals surface area contributed by atoms with E-state index in [2.05, 4.69) is 87.4 Å². The molecule has 0 N–H and O–H groups in total. The number of pyridine rings is 1. The lowest BCUT2D eigenvalue weighted by Gasteiger charge is -2.23. The molecule has 2 aromatic heterocycles. The van der Waals surface area contributed by atoms with Crippen LogP contribution in [0.1, 0.15) is 56.3 Å². The summed E-state index contributed by atoms with van der Waals surface area (Å²) in [5.41, 5.74) is 4.29. The van der Waals surface area contributed by atoms with Crippen LogP contribution in [0.15, 0.2) is 36.5 Å². The Morgan fingerprint density at radius 3 is 2.73 bits per heavy atom. The van der Waals surface area contributed by atoms with Gasteiger partial charge in [0, 0.05) is 28.3 Å². The summed E-state index contributed by atoms with van der Waals surface area (Å²) < 4.78 is 9.28. The van der Waals surface area contributed by atoms with E-state index >= 15 is 0 Å². The number of aromatic nitrogens is 3. The summed E-state index contributed by atoms with van der Waals surface area (Å²) >= 11 is 2.36. The lowest BCUT2D eigenvalue weighted by molar-refractivity contribution is -0.0367. The van der Waals surface area contributed by atoms with Crippen LogP contribution in [-0.4, -0.2) is 39.4 Å². The maximum Gasteiger partial charge on any atom is 0.150 e. The van der Waals surface area contributed by atoms with Crippen LogP contribution >= 0.6 is 22.6 Å². The molecule has 0 spiro atoms. The van der Waals surface area contributed by atoms with Gasteiger partial charge in [0.1, 0.15) is 0 Å². The minimum atomic E-state index is 0.0269. The summed E-state index contributed by atoms with van der Waals surface area (Å²) in [6, 6.07) is 10.7. The van der Waals surface area contributed by atoms with E-state index in [0.29, 0.717) is 0 Å². The average molecular weight is 516 g/mol. The fraction of sp³-hybridized carbons (Fsp3) is 0.417. The number of ether oxygens (including phenoxy) is 1. The number of rotatable bonds is 7. The van der Waals surface area contributed by atoms with Gasteiger partial charge in [-0.25, -0.2) is 4.68 Å². The molecule has 0 saturated carbocycles. The molecule has 1 aliphatic heterocycles. The van der Waals surface area contributed by atoms with E-state index < -0.39 is 0 Å². The third-order valence-corrected chi connectivity index (χ3v) is 6.36. The third-order valence-electron chi connectivity index (χ3n) is 5.69. The molecule has 3 heterocycles. The summed E-state index contributed by atoms with van der Waals surface area (Å²) in [5, 5.41) is 6.07. The third kappa shape index (κ3) is 4.92. The van der Waals surface area contributed by atoms with Gasteiger partial charge >= 0.3 is 0 Å². The molecule has 1 aromatic carbocycles. The van der Waals surface area contributed by atoms with Crippen molar-refractivity contribution in [1.82, 2.24) is 19.7 Å². The average Bonchev–Trinajstić information content (AvgIpc) is 3.15. The Hall–Kier alpha value is -1.77. The number of benzene rings is 1. The van der Waals surface area contributed by atoms with Crippen LogP contribution < -0.4 is 0 Å². The number of halogens is 1. The smallest absolute Gasteiger partial charge is 0.150 e. The van der Waals surface area contributed by atoms with Crippen molar-refractivity contribution in [3.8, 4) is 0 Å². The van der Waals surface area contributed by atoms with E-state index in [-0.39, 0.29) is 6.23 Å². The highest BCUT2D eigenvalue weighted by Gasteiger charge is 2.20. The van der Waals surface area contributed by atoms with Crippen LogP contribution in [0, 0.1) is 3.57 Å². The van der Waals surface area contributed by atoms with Gasteiger partial charge in [0.05, 0.1) is 16.9 Å². The fourth-order valence-corrected chi connectivity index (χ4v) is 4.37. The first kappa shape index (κ1) is 21.5. The van der Waals surface area contributed by atoms with Crippen molar-refractivity contribution in [2.75, 3.05) is 19.7 Å². The fourth-order valence-electron chi connectivity index (χ4n) is 3.89. The standard InChI is InChI=1S/C24H29IN4O/c1-3-28(4-2)17-18-8-10-20(26-16-18)11-13-22-21-12-9-19(25)15-23(21)29(27-22)24-7-5-6-14-30-24/h8-13,15-16,24H,3-7,14,17H2,1-2H3/b13-11+. The molecule has 1 unspecified atom stereocenters. The molecule has 4 rings (SSSR count). The molecule has 1 aliphatic rings. The summed E-state index contributed by atoms with van der Waals surface area (Å²) in [5.74, 6) is 0. The molecule has 158 valence electrons. The van der Waals surface area contributed by atoms with Gasteiger partial charge in [0.15, 0.2) is 6.23 Å². The quantitative estimate of drug-likeness (QED) is 0.376. The minimum absolute atomic E-state index is 0.0269. The van der Waals surface area contributed by atoms with Gasteiger partial charge in [-0.3, -0.25) is 9.88 Å². The second kappa shape index (κ2) is 10.0. The zero-order chi connectivity index (χ0) is 20.9. The van der Waals surface area contributed by atoms with Crippen LogP contribution in [0.2, 0.25) is 0 Å². The predicted octanol–water partition coefficient (Wildman–Crippen LogP) is 5.75. The molecule has 1 atom stereocenters. The second-order valence-corrected chi connectivity index (χ2v) is 8.94. The molecule has 3 aromatic rings. The molecule has 30 heavy (non-hydrogen) atoms. The van der Waals surface area contributed by atoms with Crippen LogP contribution in [-0.2, 0) is 11.3 Å². The molecule has 0 aliphatic carbocycles. The first-order valence-electron chi connectivity index (χ1n) is 10.8. The molecule has 6 heteroatoms. The molecular weight excluding hydrogens is 487 g/mol. The Labute approximate surface area is 192 Å². The molecule has 0 amide bonds.